The van der Waals surface area contributed by atoms with Gasteiger partial charge in [0, 0.05) is 61.2 Å². The molecule has 0 bridgehead atoms. The van der Waals surface area contributed by atoms with Gasteiger partial charge in [-0.15, -0.1) is 0 Å². The number of hydrazine groups is 1. The highest BCUT2D eigenvalue weighted by Crippen LogP contribution is 2.33. The third-order valence-corrected chi connectivity index (χ3v) is 6.28. The lowest BCUT2D eigenvalue weighted by atomic mass is 10.1. The number of esters is 2. The van der Waals surface area contributed by atoms with Crippen LogP contribution in [0, 0.1) is 0 Å². The molecule has 202 valence electrons. The van der Waals surface area contributed by atoms with E-state index < -0.39 is 11.9 Å². The van der Waals surface area contributed by atoms with E-state index in [4.69, 9.17) is 27.8 Å². The molecule has 0 radical (unpaired) electrons. The van der Waals surface area contributed by atoms with Crippen molar-refractivity contribution in [2.45, 2.75) is 26.9 Å². The lowest BCUT2D eigenvalue weighted by molar-refractivity contribution is 0.00963. The fraction of sp³-hybridized carbons (Fsp3) is 0.357. The second-order valence-electron chi connectivity index (χ2n) is 8.62. The van der Waals surface area contributed by atoms with Crippen LogP contribution >= 0.6 is 0 Å². The Morgan fingerprint density at radius 2 is 1.11 bits per heavy atom. The predicted molar refractivity (Wildman–Crippen MR) is 140 cm³/mol. The quantitative estimate of drug-likeness (QED) is 0.196. The number of methoxy groups -OCH3 is 2. The van der Waals surface area contributed by atoms with E-state index >= 15 is 0 Å². The summed E-state index contributed by atoms with van der Waals surface area (Å²) < 4.78 is 32.9. The van der Waals surface area contributed by atoms with Crippen molar-refractivity contribution in [1.82, 2.24) is 10.0 Å². The highest BCUT2D eigenvalue weighted by Gasteiger charge is 2.27. The van der Waals surface area contributed by atoms with Crippen LogP contribution in [-0.4, -0.2) is 63.5 Å². The van der Waals surface area contributed by atoms with Gasteiger partial charge in [0.1, 0.15) is 22.7 Å². The first-order valence-corrected chi connectivity index (χ1v) is 12.3. The van der Waals surface area contributed by atoms with Gasteiger partial charge in [-0.05, 0) is 38.1 Å². The third kappa shape index (κ3) is 5.32. The first kappa shape index (κ1) is 27.0. The van der Waals surface area contributed by atoms with Crippen LogP contribution in [0.3, 0.4) is 0 Å². The second kappa shape index (κ2) is 11.6. The molecule has 2 aromatic heterocycles. The fourth-order valence-corrected chi connectivity index (χ4v) is 4.25. The number of hydrogen-bond donors (Lipinski definition) is 0. The Morgan fingerprint density at radius 1 is 0.711 bits per heavy atom. The molecular formula is C28H32N2O8. The van der Waals surface area contributed by atoms with Crippen LogP contribution in [0.5, 0.6) is 11.5 Å². The largest absolute Gasteiger partial charge is 0.497 e. The van der Waals surface area contributed by atoms with Crippen molar-refractivity contribution in [3.05, 3.63) is 59.0 Å². The first-order valence-electron chi connectivity index (χ1n) is 12.3. The van der Waals surface area contributed by atoms with Crippen molar-refractivity contribution in [3.8, 4) is 11.5 Å². The number of hydrogen-bond acceptors (Lipinski definition) is 10. The summed E-state index contributed by atoms with van der Waals surface area (Å²) in [5, 5.41) is 5.41. The average Bonchev–Trinajstić information content (AvgIpc) is 3.46. The summed E-state index contributed by atoms with van der Waals surface area (Å²) in [5.41, 5.74) is 2.42. The molecule has 0 N–H and O–H groups in total. The molecule has 10 nitrogen and oxygen atoms in total. The summed E-state index contributed by atoms with van der Waals surface area (Å²) >= 11 is 0. The van der Waals surface area contributed by atoms with E-state index in [1.807, 2.05) is 48.4 Å². The van der Waals surface area contributed by atoms with Crippen molar-refractivity contribution < 1.29 is 37.4 Å². The van der Waals surface area contributed by atoms with Crippen LogP contribution in [0.15, 0.2) is 45.2 Å². The van der Waals surface area contributed by atoms with E-state index in [0.29, 0.717) is 46.9 Å². The Morgan fingerprint density at radius 3 is 1.45 bits per heavy atom. The zero-order valence-corrected chi connectivity index (χ0v) is 22.5. The summed E-state index contributed by atoms with van der Waals surface area (Å²) in [7, 11) is 6.90. The Labute approximate surface area is 220 Å². The molecule has 0 aliphatic heterocycles. The minimum Gasteiger partial charge on any atom is -0.497 e. The summed E-state index contributed by atoms with van der Waals surface area (Å²) in [6.45, 7) is 4.61. The molecule has 0 aliphatic carbocycles. The molecule has 0 saturated heterocycles. The lowest BCUT2D eigenvalue weighted by Gasteiger charge is -2.28. The van der Waals surface area contributed by atoms with Gasteiger partial charge in [-0.2, -0.15) is 0 Å². The van der Waals surface area contributed by atoms with Crippen LogP contribution in [-0.2, 0) is 22.6 Å². The second-order valence-corrected chi connectivity index (χ2v) is 8.62. The molecule has 2 aromatic carbocycles. The minimum absolute atomic E-state index is 0.142. The topological polar surface area (TPSA) is 104 Å². The van der Waals surface area contributed by atoms with Crippen molar-refractivity contribution in [2.75, 3.05) is 41.5 Å². The number of fused-ring (bicyclic) bond motifs is 2. The molecule has 0 amide bonds. The van der Waals surface area contributed by atoms with Gasteiger partial charge >= 0.3 is 11.9 Å². The van der Waals surface area contributed by atoms with E-state index in [9.17, 15) is 9.59 Å². The number of furan rings is 2. The number of carbonyl (C=O) groups is 2. The molecular weight excluding hydrogens is 492 g/mol. The van der Waals surface area contributed by atoms with Crippen LogP contribution in [0.2, 0.25) is 0 Å². The fourth-order valence-electron chi connectivity index (χ4n) is 4.25. The first-order chi connectivity index (χ1) is 18.3. The molecule has 4 rings (SSSR count). The van der Waals surface area contributed by atoms with Crippen LogP contribution < -0.4 is 9.47 Å². The monoisotopic (exact) mass is 524 g/mol. The Bertz CT molecular complexity index is 1340. The van der Waals surface area contributed by atoms with Gasteiger partial charge in [-0.1, -0.05) is 0 Å². The molecule has 0 fully saturated rings. The Hall–Kier alpha value is -4.02. The molecule has 0 atom stereocenters. The van der Waals surface area contributed by atoms with Gasteiger partial charge in [0.2, 0.25) is 11.5 Å². The van der Waals surface area contributed by atoms with E-state index in [-0.39, 0.29) is 24.7 Å². The van der Waals surface area contributed by atoms with Gasteiger partial charge < -0.3 is 27.8 Å². The molecule has 0 spiro atoms. The Kier molecular flexibility index (Phi) is 8.23. The molecule has 0 aliphatic rings. The minimum atomic E-state index is -0.534. The summed E-state index contributed by atoms with van der Waals surface area (Å²) in [5.74, 6) is 0.454. The normalized spacial score (nSPS) is 11.5. The summed E-state index contributed by atoms with van der Waals surface area (Å²) in [4.78, 5) is 25.4. The maximum atomic E-state index is 12.7. The van der Waals surface area contributed by atoms with Gasteiger partial charge in [0.05, 0.1) is 27.4 Å². The van der Waals surface area contributed by atoms with Gasteiger partial charge in [-0.3, -0.25) is 0 Å². The molecule has 0 unspecified atom stereocenters. The van der Waals surface area contributed by atoms with Gasteiger partial charge in [-0.25, -0.2) is 19.6 Å². The molecule has 2 heterocycles. The number of rotatable bonds is 11. The molecule has 38 heavy (non-hydrogen) atoms. The van der Waals surface area contributed by atoms with E-state index in [1.165, 1.54) is 0 Å². The average molecular weight is 525 g/mol. The Balaban J connectivity index is 1.67. The number of nitrogens with zero attached hydrogens (tertiary/aromatic N) is 2. The van der Waals surface area contributed by atoms with E-state index in [0.717, 1.165) is 10.8 Å². The van der Waals surface area contributed by atoms with Crippen molar-refractivity contribution >= 4 is 33.9 Å². The lowest BCUT2D eigenvalue weighted by Crippen LogP contribution is -2.36. The summed E-state index contributed by atoms with van der Waals surface area (Å²) in [6.07, 6.45) is 0. The van der Waals surface area contributed by atoms with Crippen molar-refractivity contribution in [3.63, 3.8) is 0 Å². The van der Waals surface area contributed by atoms with Crippen LogP contribution in [0.4, 0.5) is 0 Å². The highest BCUT2D eigenvalue weighted by atomic mass is 16.5. The SMILES string of the molecule is CCOC(=O)c1oc2cc(OC)ccc2c1CN(C)N(C)Cc1c(C(=O)OCC)oc2cc(OC)ccc12. The maximum absolute atomic E-state index is 12.7. The van der Waals surface area contributed by atoms with Crippen LogP contribution in [0.25, 0.3) is 21.9 Å². The smallest absolute Gasteiger partial charge is 0.374 e. The highest BCUT2D eigenvalue weighted by molar-refractivity contribution is 5.97. The van der Waals surface area contributed by atoms with Gasteiger partial charge in [0.25, 0.3) is 0 Å². The van der Waals surface area contributed by atoms with E-state index in [1.54, 1.807) is 40.2 Å². The van der Waals surface area contributed by atoms with Gasteiger partial charge in [0.15, 0.2) is 0 Å². The molecule has 4 aromatic rings. The summed E-state index contributed by atoms with van der Waals surface area (Å²) in [6, 6.07) is 10.8. The van der Waals surface area contributed by atoms with Crippen molar-refractivity contribution in [1.29, 1.82) is 0 Å². The van der Waals surface area contributed by atoms with E-state index in [2.05, 4.69) is 0 Å². The number of carbonyl (C=O) groups excluding carboxylic acids is 2. The maximum Gasteiger partial charge on any atom is 0.374 e. The van der Waals surface area contributed by atoms with Crippen molar-refractivity contribution in [2.24, 2.45) is 0 Å². The number of benzene rings is 2. The molecule has 0 saturated carbocycles. The number of ether oxygens (including phenoxy) is 4. The third-order valence-electron chi connectivity index (χ3n) is 6.28. The van der Waals surface area contributed by atoms with Crippen LogP contribution in [0.1, 0.15) is 46.1 Å². The standard InChI is InChI=1S/C28H32N2O8/c1-7-35-27(31)25-21(19-11-9-17(33-5)13-23(19)37-25)15-29(3)30(4)16-22-20-12-10-18(34-6)14-24(20)38-26(22)28(32)36-8-2/h9-14H,7-8,15-16H2,1-6H3. The predicted octanol–water partition coefficient (Wildman–Crippen LogP) is 5.03. The molecule has 10 heteroatoms. The zero-order valence-electron chi connectivity index (χ0n) is 22.5. The zero-order chi connectivity index (χ0) is 27.4.